The standard InChI is InChI=1S/C20H22Cl2N2O3S/c1-3-4-5-14(12-6-8-13(22)9-7-12)17-23-15-18(25)24(19(15)28-17)16(20(26)27)11(2)10-21/h6-9,14-16,19H,2-5,10H2,1H3,(H,26,27). The molecule has 1 aromatic rings. The van der Waals surface area contributed by atoms with Crippen LogP contribution in [-0.4, -0.2) is 50.3 Å². The minimum absolute atomic E-state index is 0.0135. The summed E-state index contributed by atoms with van der Waals surface area (Å²) in [5.74, 6) is -1.34. The van der Waals surface area contributed by atoms with Gasteiger partial charge in [-0.05, 0) is 29.7 Å². The number of halogens is 2. The highest BCUT2D eigenvalue weighted by atomic mass is 35.5. The van der Waals surface area contributed by atoms with E-state index in [1.165, 1.54) is 16.7 Å². The lowest BCUT2D eigenvalue weighted by atomic mass is 9.94. The van der Waals surface area contributed by atoms with Crippen molar-refractivity contribution in [1.29, 1.82) is 0 Å². The van der Waals surface area contributed by atoms with Crippen LogP contribution in [0, 0.1) is 0 Å². The molecule has 0 bridgehead atoms. The van der Waals surface area contributed by atoms with Gasteiger partial charge in [0.05, 0.1) is 5.04 Å². The Bertz CT molecular complexity index is 812. The fourth-order valence-electron chi connectivity index (χ4n) is 3.55. The summed E-state index contributed by atoms with van der Waals surface area (Å²) in [6.45, 7) is 5.86. The minimum atomic E-state index is -1.12. The van der Waals surface area contributed by atoms with Crippen LogP contribution in [0.25, 0.3) is 0 Å². The van der Waals surface area contributed by atoms with Gasteiger partial charge < -0.3 is 10.0 Å². The first-order chi connectivity index (χ1) is 13.4. The largest absolute Gasteiger partial charge is 0.479 e. The van der Waals surface area contributed by atoms with Crippen molar-refractivity contribution in [2.24, 2.45) is 4.99 Å². The third kappa shape index (κ3) is 3.95. The molecule has 4 atom stereocenters. The maximum Gasteiger partial charge on any atom is 0.330 e. The van der Waals surface area contributed by atoms with Crippen LogP contribution in [0.2, 0.25) is 5.02 Å². The Morgan fingerprint density at radius 3 is 2.64 bits per heavy atom. The first-order valence-electron chi connectivity index (χ1n) is 9.17. The number of unbranched alkanes of at least 4 members (excludes halogenated alkanes) is 1. The van der Waals surface area contributed by atoms with Gasteiger partial charge in [0, 0.05) is 16.8 Å². The monoisotopic (exact) mass is 440 g/mol. The number of likely N-dealkylation sites (tertiary alicyclic amines) is 1. The Labute approximate surface area is 178 Å². The van der Waals surface area contributed by atoms with Gasteiger partial charge >= 0.3 is 5.97 Å². The van der Waals surface area contributed by atoms with E-state index in [0.29, 0.717) is 10.6 Å². The zero-order chi connectivity index (χ0) is 20.4. The van der Waals surface area contributed by atoms with E-state index in [0.717, 1.165) is 29.9 Å². The predicted molar refractivity (Wildman–Crippen MR) is 114 cm³/mol. The highest BCUT2D eigenvalue weighted by molar-refractivity contribution is 8.15. The van der Waals surface area contributed by atoms with Crippen molar-refractivity contribution in [2.45, 2.75) is 49.6 Å². The number of thioether (sulfide) groups is 1. The maximum absolute atomic E-state index is 12.6. The van der Waals surface area contributed by atoms with Gasteiger partial charge in [-0.3, -0.25) is 9.79 Å². The molecule has 28 heavy (non-hydrogen) atoms. The molecule has 2 heterocycles. The number of carbonyl (C=O) groups is 2. The molecule has 4 unspecified atom stereocenters. The quantitative estimate of drug-likeness (QED) is 0.347. The van der Waals surface area contributed by atoms with Crippen molar-refractivity contribution >= 4 is 51.9 Å². The number of carboxylic acid groups (broad SMARTS) is 1. The molecule has 0 aromatic heterocycles. The lowest BCUT2D eigenvalue weighted by Crippen LogP contribution is -2.66. The summed E-state index contributed by atoms with van der Waals surface area (Å²) in [6.07, 6.45) is 2.99. The lowest BCUT2D eigenvalue weighted by molar-refractivity contribution is -0.157. The first-order valence-corrected chi connectivity index (χ1v) is 11.0. The molecule has 2 aliphatic rings. The molecular formula is C20H22Cl2N2O3S. The average Bonchev–Trinajstić information content (AvgIpc) is 3.06. The highest BCUT2D eigenvalue weighted by Gasteiger charge is 2.57. The maximum atomic E-state index is 12.6. The SMILES string of the molecule is C=C(CCl)C(C(=O)O)N1C(=O)C2N=C(C(CCCC)c3ccc(Cl)cc3)SC21. The van der Waals surface area contributed by atoms with Crippen LogP contribution in [0.1, 0.15) is 37.7 Å². The van der Waals surface area contributed by atoms with Gasteiger partial charge in [0.15, 0.2) is 12.1 Å². The summed E-state index contributed by atoms with van der Waals surface area (Å²) < 4.78 is 0. The van der Waals surface area contributed by atoms with Crippen LogP contribution in [0.5, 0.6) is 0 Å². The minimum Gasteiger partial charge on any atom is -0.479 e. The summed E-state index contributed by atoms with van der Waals surface area (Å²) in [5.41, 5.74) is 1.40. The number of amides is 1. The van der Waals surface area contributed by atoms with Gasteiger partial charge in [0.2, 0.25) is 0 Å². The normalized spacial score (nSPS) is 22.9. The van der Waals surface area contributed by atoms with E-state index in [9.17, 15) is 14.7 Å². The molecule has 0 saturated carbocycles. The fourth-order valence-corrected chi connectivity index (χ4v) is 5.30. The van der Waals surface area contributed by atoms with E-state index in [4.69, 9.17) is 23.2 Å². The van der Waals surface area contributed by atoms with Crippen molar-refractivity contribution in [2.75, 3.05) is 5.88 Å². The van der Waals surface area contributed by atoms with Crippen LogP contribution in [0.3, 0.4) is 0 Å². The Morgan fingerprint density at radius 1 is 1.39 bits per heavy atom. The van der Waals surface area contributed by atoms with E-state index in [-0.39, 0.29) is 23.1 Å². The van der Waals surface area contributed by atoms with Crippen molar-refractivity contribution in [1.82, 2.24) is 4.90 Å². The molecule has 2 aliphatic heterocycles. The molecule has 150 valence electrons. The van der Waals surface area contributed by atoms with Crippen LogP contribution < -0.4 is 0 Å². The van der Waals surface area contributed by atoms with Crippen molar-refractivity contribution in [3.05, 3.63) is 47.0 Å². The average molecular weight is 441 g/mol. The van der Waals surface area contributed by atoms with Crippen molar-refractivity contribution in [3.8, 4) is 0 Å². The third-order valence-corrected chi connectivity index (χ3v) is 7.00. The number of hydrogen-bond donors (Lipinski definition) is 1. The van der Waals surface area contributed by atoms with E-state index in [2.05, 4.69) is 18.5 Å². The summed E-state index contributed by atoms with van der Waals surface area (Å²) in [7, 11) is 0. The Balaban J connectivity index is 1.83. The molecule has 1 N–H and O–H groups in total. The molecule has 5 nitrogen and oxygen atoms in total. The van der Waals surface area contributed by atoms with E-state index < -0.39 is 18.1 Å². The van der Waals surface area contributed by atoms with Crippen LogP contribution >= 0.6 is 35.0 Å². The Morgan fingerprint density at radius 2 is 2.07 bits per heavy atom. The molecule has 8 heteroatoms. The summed E-state index contributed by atoms with van der Waals surface area (Å²) in [4.78, 5) is 30.3. The van der Waals surface area contributed by atoms with Crippen molar-refractivity contribution < 1.29 is 14.7 Å². The molecule has 1 fully saturated rings. The van der Waals surface area contributed by atoms with Gasteiger partial charge in [-0.1, -0.05) is 61.8 Å². The van der Waals surface area contributed by atoms with Gasteiger partial charge in [-0.15, -0.1) is 11.6 Å². The van der Waals surface area contributed by atoms with Gasteiger partial charge in [-0.25, -0.2) is 4.79 Å². The number of carbonyl (C=O) groups excluding carboxylic acids is 1. The number of hydrogen-bond acceptors (Lipinski definition) is 4. The number of rotatable bonds is 9. The number of aliphatic imine (C=N–C) groups is 1. The molecule has 0 radical (unpaired) electrons. The smallest absolute Gasteiger partial charge is 0.330 e. The molecule has 3 rings (SSSR count). The van der Waals surface area contributed by atoms with E-state index in [1.54, 1.807) is 0 Å². The highest BCUT2D eigenvalue weighted by Crippen LogP contribution is 2.45. The third-order valence-electron chi connectivity index (χ3n) is 5.05. The second-order valence-corrected chi connectivity index (χ2v) is 8.79. The van der Waals surface area contributed by atoms with Crippen LogP contribution in [-0.2, 0) is 9.59 Å². The summed E-state index contributed by atoms with van der Waals surface area (Å²) in [5, 5.41) is 10.8. The summed E-state index contributed by atoms with van der Waals surface area (Å²) >= 11 is 13.3. The molecular weight excluding hydrogens is 419 g/mol. The second-order valence-electron chi connectivity index (χ2n) is 6.95. The first kappa shape index (κ1) is 21.2. The number of nitrogens with zero attached hydrogens (tertiary/aromatic N) is 2. The topological polar surface area (TPSA) is 70.0 Å². The van der Waals surface area contributed by atoms with Gasteiger partial charge in [0.1, 0.15) is 5.37 Å². The molecule has 0 spiro atoms. The molecule has 1 aromatic carbocycles. The summed E-state index contributed by atoms with van der Waals surface area (Å²) in [6, 6.07) is 6.04. The predicted octanol–water partition coefficient (Wildman–Crippen LogP) is 4.54. The molecule has 0 aliphatic carbocycles. The van der Waals surface area contributed by atoms with Crippen LogP contribution in [0.15, 0.2) is 41.4 Å². The number of carboxylic acids is 1. The van der Waals surface area contributed by atoms with E-state index >= 15 is 0 Å². The Hall–Kier alpha value is -1.50. The number of alkyl halides is 1. The lowest BCUT2D eigenvalue weighted by Gasteiger charge is -2.44. The number of aliphatic carboxylic acids is 1. The van der Waals surface area contributed by atoms with Gasteiger partial charge in [0.25, 0.3) is 5.91 Å². The zero-order valence-electron chi connectivity index (χ0n) is 15.5. The van der Waals surface area contributed by atoms with Crippen molar-refractivity contribution in [3.63, 3.8) is 0 Å². The second kappa shape index (κ2) is 8.89. The fraction of sp³-hybridized carbons (Fsp3) is 0.450. The Kier molecular flexibility index (Phi) is 6.73. The van der Waals surface area contributed by atoms with Gasteiger partial charge in [-0.2, -0.15) is 0 Å². The number of fused-ring (bicyclic) bond motifs is 1. The zero-order valence-corrected chi connectivity index (χ0v) is 17.8. The van der Waals surface area contributed by atoms with Crippen LogP contribution in [0.4, 0.5) is 0 Å². The molecule has 1 amide bonds. The number of benzene rings is 1. The van der Waals surface area contributed by atoms with E-state index in [1.807, 2.05) is 24.3 Å². The number of β-lactam (4-membered cyclic amide) rings is 1. The molecule has 1 saturated heterocycles.